The number of rotatable bonds is 3. The lowest BCUT2D eigenvalue weighted by Gasteiger charge is -2.33. The van der Waals surface area contributed by atoms with Gasteiger partial charge in [0.25, 0.3) is 0 Å². The Morgan fingerprint density at radius 3 is 2.78 bits per heavy atom. The molecular formula is C14H18F2O2. The molecule has 1 N–H and O–H groups in total. The minimum atomic E-state index is -1.05. The molecule has 1 aromatic carbocycles. The van der Waals surface area contributed by atoms with Crippen LogP contribution in [0.4, 0.5) is 8.78 Å². The third-order valence-electron chi connectivity index (χ3n) is 3.47. The Kier molecular flexibility index (Phi) is 4.30. The Morgan fingerprint density at radius 2 is 2.11 bits per heavy atom. The molecule has 0 radical (unpaired) electrons. The first kappa shape index (κ1) is 13.4. The first-order valence-electron chi connectivity index (χ1n) is 6.41. The van der Waals surface area contributed by atoms with E-state index in [4.69, 9.17) is 4.74 Å². The average Bonchev–Trinajstić information content (AvgIpc) is 2.34. The second-order valence-corrected chi connectivity index (χ2v) is 4.76. The molecule has 1 aromatic rings. The minimum absolute atomic E-state index is 0.0258. The number of halogens is 2. The van der Waals surface area contributed by atoms with E-state index in [1.807, 2.05) is 6.92 Å². The molecule has 3 unspecified atom stereocenters. The first-order valence-corrected chi connectivity index (χ1v) is 6.41. The van der Waals surface area contributed by atoms with Gasteiger partial charge >= 0.3 is 0 Å². The molecule has 0 amide bonds. The maximum Gasteiger partial charge on any atom is 0.162 e. The molecule has 18 heavy (non-hydrogen) atoms. The van der Waals surface area contributed by atoms with Gasteiger partial charge in [-0.3, -0.25) is 0 Å². The molecule has 100 valence electrons. The molecule has 1 heterocycles. The topological polar surface area (TPSA) is 29.5 Å². The Hall–Kier alpha value is -1.00. The molecule has 0 saturated carbocycles. The van der Waals surface area contributed by atoms with Crippen molar-refractivity contribution in [3.63, 3.8) is 0 Å². The Morgan fingerprint density at radius 1 is 1.33 bits per heavy atom. The molecule has 1 aliphatic rings. The molecule has 1 saturated heterocycles. The number of benzene rings is 1. The van der Waals surface area contributed by atoms with Gasteiger partial charge in [0.1, 0.15) is 0 Å². The molecule has 0 aliphatic carbocycles. The summed E-state index contributed by atoms with van der Waals surface area (Å²) in [4.78, 5) is 0. The molecule has 4 heteroatoms. The maximum absolute atomic E-state index is 13.7. The Balaban J connectivity index is 2.13. The van der Waals surface area contributed by atoms with Crippen LogP contribution in [0.1, 0.15) is 44.1 Å². The zero-order chi connectivity index (χ0) is 13.1. The van der Waals surface area contributed by atoms with Crippen LogP contribution in [0.3, 0.4) is 0 Å². The summed E-state index contributed by atoms with van der Waals surface area (Å²) in [6.45, 7) is 2.05. The molecule has 0 aromatic heterocycles. The normalized spacial score (nSPS) is 28.3. The van der Waals surface area contributed by atoms with E-state index in [1.165, 1.54) is 12.1 Å². The van der Waals surface area contributed by atoms with E-state index in [1.54, 1.807) is 0 Å². The van der Waals surface area contributed by atoms with Crippen molar-refractivity contribution < 1.29 is 18.6 Å². The Bertz CT molecular complexity index is 409. The van der Waals surface area contributed by atoms with Crippen LogP contribution in [0.5, 0.6) is 0 Å². The van der Waals surface area contributed by atoms with Crippen molar-refractivity contribution in [3.8, 4) is 0 Å². The largest absolute Gasteiger partial charge is 0.367 e. The molecular weight excluding hydrogens is 238 g/mol. The molecule has 2 nitrogen and oxygen atoms in total. The van der Waals surface area contributed by atoms with Crippen molar-refractivity contribution in [3.05, 3.63) is 35.4 Å². The van der Waals surface area contributed by atoms with Crippen LogP contribution in [0.15, 0.2) is 18.2 Å². The lowest BCUT2D eigenvalue weighted by atomic mass is 9.88. The molecule has 0 spiro atoms. The summed E-state index contributed by atoms with van der Waals surface area (Å²) in [5, 5.41) is 9.92. The highest BCUT2D eigenvalue weighted by molar-refractivity contribution is 5.24. The van der Waals surface area contributed by atoms with Gasteiger partial charge in [0, 0.05) is 5.92 Å². The minimum Gasteiger partial charge on any atom is -0.367 e. The summed E-state index contributed by atoms with van der Waals surface area (Å²) < 4.78 is 32.3. The summed E-state index contributed by atoms with van der Waals surface area (Å²) >= 11 is 0. The van der Waals surface area contributed by atoms with Gasteiger partial charge in [-0.15, -0.1) is 0 Å². The van der Waals surface area contributed by atoms with E-state index in [0.29, 0.717) is 6.42 Å². The predicted molar refractivity (Wildman–Crippen MR) is 64.1 cm³/mol. The van der Waals surface area contributed by atoms with Crippen LogP contribution in [-0.4, -0.2) is 17.5 Å². The third kappa shape index (κ3) is 2.70. The second-order valence-electron chi connectivity index (χ2n) is 4.76. The van der Waals surface area contributed by atoms with Gasteiger partial charge in [-0.1, -0.05) is 25.5 Å². The standard InChI is InChI=1S/C14H18F2O2/c1-2-4-9-7-8-11(14(17)18-9)10-5-3-6-12(15)13(10)16/h3,5-6,9,11,14,17H,2,4,7-8H2,1H3. The summed E-state index contributed by atoms with van der Waals surface area (Å²) in [6.07, 6.45) is 2.23. The summed E-state index contributed by atoms with van der Waals surface area (Å²) in [7, 11) is 0. The molecule has 1 aliphatic heterocycles. The van der Waals surface area contributed by atoms with Gasteiger partial charge in [-0.2, -0.15) is 0 Å². The zero-order valence-electron chi connectivity index (χ0n) is 10.4. The average molecular weight is 256 g/mol. The monoisotopic (exact) mass is 256 g/mol. The predicted octanol–water partition coefficient (Wildman–Crippen LogP) is 3.35. The van der Waals surface area contributed by atoms with Crippen LogP contribution in [0, 0.1) is 11.6 Å². The zero-order valence-corrected chi connectivity index (χ0v) is 10.4. The fraction of sp³-hybridized carbons (Fsp3) is 0.571. The highest BCUT2D eigenvalue weighted by Gasteiger charge is 2.32. The second kappa shape index (κ2) is 5.76. The fourth-order valence-corrected chi connectivity index (χ4v) is 2.52. The van der Waals surface area contributed by atoms with Crippen LogP contribution < -0.4 is 0 Å². The van der Waals surface area contributed by atoms with Gasteiger partial charge in [0.05, 0.1) is 6.10 Å². The maximum atomic E-state index is 13.7. The van der Waals surface area contributed by atoms with Gasteiger partial charge in [-0.05, 0) is 30.9 Å². The van der Waals surface area contributed by atoms with Crippen molar-refractivity contribution in [2.24, 2.45) is 0 Å². The van der Waals surface area contributed by atoms with Crippen molar-refractivity contribution in [2.75, 3.05) is 0 Å². The van der Waals surface area contributed by atoms with Crippen LogP contribution in [0.25, 0.3) is 0 Å². The van der Waals surface area contributed by atoms with Crippen molar-refractivity contribution >= 4 is 0 Å². The highest BCUT2D eigenvalue weighted by Crippen LogP contribution is 2.35. The highest BCUT2D eigenvalue weighted by atomic mass is 19.2. The number of hydrogen-bond acceptors (Lipinski definition) is 2. The summed E-state index contributed by atoms with van der Waals surface area (Å²) in [5.41, 5.74) is 0.206. The first-order chi connectivity index (χ1) is 8.63. The number of hydrogen-bond donors (Lipinski definition) is 1. The van der Waals surface area contributed by atoms with E-state index >= 15 is 0 Å². The van der Waals surface area contributed by atoms with Crippen LogP contribution in [0.2, 0.25) is 0 Å². The summed E-state index contributed by atoms with van der Waals surface area (Å²) in [6, 6.07) is 4.04. The van der Waals surface area contributed by atoms with Crippen molar-refractivity contribution in [2.45, 2.75) is 50.9 Å². The molecule has 0 bridgehead atoms. The van der Waals surface area contributed by atoms with Crippen molar-refractivity contribution in [1.29, 1.82) is 0 Å². The molecule has 3 atom stereocenters. The van der Waals surface area contributed by atoms with E-state index in [9.17, 15) is 13.9 Å². The fourth-order valence-electron chi connectivity index (χ4n) is 2.52. The van der Waals surface area contributed by atoms with Gasteiger partial charge in [-0.25, -0.2) is 8.78 Å². The van der Waals surface area contributed by atoms with Crippen molar-refractivity contribution in [1.82, 2.24) is 0 Å². The smallest absolute Gasteiger partial charge is 0.162 e. The number of aliphatic hydroxyl groups excluding tert-OH is 1. The summed E-state index contributed by atoms with van der Waals surface area (Å²) in [5.74, 6) is -2.23. The third-order valence-corrected chi connectivity index (χ3v) is 3.47. The van der Waals surface area contributed by atoms with E-state index in [2.05, 4.69) is 0 Å². The molecule has 1 fully saturated rings. The molecule has 2 rings (SSSR count). The van der Waals surface area contributed by atoms with E-state index < -0.39 is 23.8 Å². The van der Waals surface area contributed by atoms with E-state index in [-0.39, 0.29) is 11.7 Å². The quantitative estimate of drug-likeness (QED) is 0.898. The van der Waals surface area contributed by atoms with Gasteiger partial charge < -0.3 is 9.84 Å². The van der Waals surface area contributed by atoms with Gasteiger partial charge in [0.2, 0.25) is 0 Å². The lowest BCUT2D eigenvalue weighted by molar-refractivity contribution is -0.176. The number of ether oxygens (including phenoxy) is 1. The van der Waals surface area contributed by atoms with Crippen LogP contribution >= 0.6 is 0 Å². The SMILES string of the molecule is CCCC1CCC(c2cccc(F)c2F)C(O)O1. The van der Waals surface area contributed by atoms with Crippen LogP contribution in [-0.2, 0) is 4.74 Å². The number of aliphatic hydroxyl groups is 1. The van der Waals surface area contributed by atoms with E-state index in [0.717, 1.165) is 25.3 Å². The lowest BCUT2D eigenvalue weighted by Crippen LogP contribution is -2.34. The Labute approximate surface area is 106 Å². The van der Waals surface area contributed by atoms with Gasteiger partial charge in [0.15, 0.2) is 17.9 Å².